The van der Waals surface area contributed by atoms with Crippen LogP contribution in [0.2, 0.25) is 0 Å². The molecule has 1 aliphatic carbocycles. The summed E-state index contributed by atoms with van der Waals surface area (Å²) in [6, 6.07) is 9.94. The van der Waals surface area contributed by atoms with Gasteiger partial charge in [-0.15, -0.1) is 11.3 Å². The molecule has 1 N–H and O–H groups in total. The number of carbonyl (C=O) groups is 1. The van der Waals surface area contributed by atoms with E-state index in [0.29, 0.717) is 49.6 Å². The molecule has 1 saturated heterocycles. The summed E-state index contributed by atoms with van der Waals surface area (Å²) in [5.74, 6) is 0.768. The van der Waals surface area contributed by atoms with Crippen molar-refractivity contribution in [2.75, 3.05) is 13.1 Å². The van der Waals surface area contributed by atoms with E-state index in [1.54, 1.807) is 11.4 Å². The standard InChI is InChI=1S/C24H28N4O4S2/c1-2-21-26-23(27-32-21)18-14-22(33-15-18)34(30,31)28-12-10-17(11-13-28)24(29)25-20-9-5-7-16-6-3-4-8-19(16)20/h3-4,6,8,14-15,17,20H,2,5,7,9-13H2,1H3,(H,25,29)/t20-/m0/s1. The zero-order chi connectivity index (χ0) is 23.7. The molecule has 2 aliphatic rings. The molecule has 0 spiro atoms. The molecular weight excluding hydrogens is 472 g/mol. The Bertz CT molecular complexity index is 1280. The maximum absolute atomic E-state index is 13.2. The molecule has 34 heavy (non-hydrogen) atoms. The molecule has 10 heteroatoms. The van der Waals surface area contributed by atoms with Gasteiger partial charge >= 0.3 is 0 Å². The minimum atomic E-state index is -3.63. The molecule has 0 radical (unpaired) electrons. The number of amides is 1. The highest BCUT2D eigenvalue weighted by Crippen LogP contribution is 2.33. The van der Waals surface area contributed by atoms with Crippen LogP contribution in [0.3, 0.4) is 0 Å². The van der Waals surface area contributed by atoms with Crippen molar-refractivity contribution in [2.24, 2.45) is 5.92 Å². The van der Waals surface area contributed by atoms with E-state index in [4.69, 9.17) is 4.52 Å². The molecule has 5 rings (SSSR count). The zero-order valence-electron chi connectivity index (χ0n) is 19.1. The maximum Gasteiger partial charge on any atom is 0.252 e. The Labute approximate surface area is 203 Å². The van der Waals surface area contributed by atoms with Crippen molar-refractivity contribution in [1.82, 2.24) is 19.8 Å². The van der Waals surface area contributed by atoms with E-state index in [1.807, 2.05) is 19.1 Å². The number of hydrogen-bond acceptors (Lipinski definition) is 7. The SMILES string of the molecule is CCc1nc(-c2csc(S(=O)(=O)N3CCC(C(=O)N[C@H]4CCCc5ccccc54)CC3)c2)no1. The average molecular weight is 501 g/mol. The van der Waals surface area contributed by atoms with Crippen LogP contribution in [0, 0.1) is 5.92 Å². The predicted octanol–water partition coefficient (Wildman–Crippen LogP) is 3.96. The van der Waals surface area contributed by atoms with Crippen molar-refractivity contribution in [1.29, 1.82) is 0 Å². The van der Waals surface area contributed by atoms with Gasteiger partial charge in [0, 0.05) is 36.4 Å². The summed E-state index contributed by atoms with van der Waals surface area (Å²) in [6.45, 7) is 2.58. The monoisotopic (exact) mass is 500 g/mol. The molecule has 0 saturated carbocycles. The van der Waals surface area contributed by atoms with Crippen LogP contribution in [0.15, 0.2) is 44.4 Å². The summed E-state index contributed by atoms with van der Waals surface area (Å²) in [5, 5.41) is 8.89. The minimum Gasteiger partial charge on any atom is -0.349 e. The van der Waals surface area contributed by atoms with E-state index in [1.165, 1.54) is 15.4 Å². The molecule has 0 unspecified atom stereocenters. The summed E-state index contributed by atoms with van der Waals surface area (Å²) in [7, 11) is -3.63. The molecule has 1 amide bonds. The third-order valence-electron chi connectivity index (χ3n) is 6.71. The predicted molar refractivity (Wildman–Crippen MR) is 129 cm³/mol. The first-order valence-electron chi connectivity index (χ1n) is 11.8. The van der Waals surface area contributed by atoms with Gasteiger partial charge in [-0.2, -0.15) is 9.29 Å². The van der Waals surface area contributed by atoms with Crippen LogP contribution in [0.25, 0.3) is 11.4 Å². The number of rotatable bonds is 6. The molecule has 1 atom stereocenters. The Kier molecular flexibility index (Phi) is 6.54. The number of nitrogens with zero attached hydrogens (tertiary/aromatic N) is 3. The van der Waals surface area contributed by atoms with E-state index >= 15 is 0 Å². The van der Waals surface area contributed by atoms with Crippen molar-refractivity contribution in [3.8, 4) is 11.4 Å². The normalized spacial score (nSPS) is 19.6. The highest BCUT2D eigenvalue weighted by Gasteiger charge is 2.34. The number of aryl methyl sites for hydroxylation is 2. The average Bonchev–Trinajstić information content (AvgIpc) is 3.54. The Morgan fingerprint density at radius 2 is 2.03 bits per heavy atom. The second kappa shape index (κ2) is 9.59. The first kappa shape index (κ1) is 23.2. The number of piperidine rings is 1. The van der Waals surface area contributed by atoms with Gasteiger partial charge in [-0.25, -0.2) is 8.42 Å². The van der Waals surface area contributed by atoms with E-state index in [-0.39, 0.29) is 22.1 Å². The van der Waals surface area contributed by atoms with Gasteiger partial charge in [0.2, 0.25) is 17.6 Å². The van der Waals surface area contributed by atoms with Gasteiger partial charge in [0.05, 0.1) is 6.04 Å². The van der Waals surface area contributed by atoms with Crippen molar-refractivity contribution < 1.29 is 17.7 Å². The Morgan fingerprint density at radius 3 is 2.79 bits per heavy atom. The third kappa shape index (κ3) is 4.54. The van der Waals surface area contributed by atoms with Crippen LogP contribution in [-0.4, -0.2) is 41.9 Å². The van der Waals surface area contributed by atoms with E-state index in [2.05, 4.69) is 27.6 Å². The fourth-order valence-electron chi connectivity index (χ4n) is 4.76. The van der Waals surface area contributed by atoms with Crippen LogP contribution in [0.5, 0.6) is 0 Å². The highest BCUT2D eigenvalue weighted by atomic mass is 32.2. The number of carbonyl (C=O) groups excluding carboxylic acids is 1. The number of nitrogens with one attached hydrogen (secondary N) is 1. The summed E-state index contributed by atoms with van der Waals surface area (Å²) in [4.78, 5) is 17.3. The van der Waals surface area contributed by atoms with Gasteiger partial charge in [0.1, 0.15) is 4.21 Å². The van der Waals surface area contributed by atoms with Crippen LogP contribution < -0.4 is 5.32 Å². The molecule has 3 heterocycles. The molecule has 3 aromatic rings. The van der Waals surface area contributed by atoms with Crippen LogP contribution in [0.1, 0.15) is 55.7 Å². The van der Waals surface area contributed by atoms with Gasteiger partial charge in [-0.05, 0) is 49.3 Å². The lowest BCUT2D eigenvalue weighted by atomic mass is 9.87. The summed E-state index contributed by atoms with van der Waals surface area (Å²) in [5.41, 5.74) is 3.15. The minimum absolute atomic E-state index is 0.0287. The largest absolute Gasteiger partial charge is 0.349 e. The molecule has 1 aromatic carbocycles. The highest BCUT2D eigenvalue weighted by molar-refractivity contribution is 7.91. The van der Waals surface area contributed by atoms with E-state index in [9.17, 15) is 13.2 Å². The zero-order valence-corrected chi connectivity index (χ0v) is 20.7. The number of fused-ring (bicyclic) bond motifs is 1. The molecule has 1 fully saturated rings. The number of benzene rings is 1. The maximum atomic E-state index is 13.2. The molecular formula is C24H28N4O4S2. The molecule has 8 nitrogen and oxygen atoms in total. The van der Waals surface area contributed by atoms with Gasteiger partial charge in [0.25, 0.3) is 10.0 Å². The van der Waals surface area contributed by atoms with E-state index in [0.717, 1.165) is 30.6 Å². The van der Waals surface area contributed by atoms with Gasteiger partial charge in [0.15, 0.2) is 0 Å². The second-order valence-electron chi connectivity index (χ2n) is 8.85. The number of thiophene rings is 1. The van der Waals surface area contributed by atoms with Crippen LogP contribution >= 0.6 is 11.3 Å². The lowest BCUT2D eigenvalue weighted by Gasteiger charge is -2.32. The van der Waals surface area contributed by atoms with Crippen molar-refractivity contribution in [3.05, 3.63) is 52.7 Å². The summed E-state index contributed by atoms with van der Waals surface area (Å²) < 4.78 is 33.3. The van der Waals surface area contributed by atoms with Crippen molar-refractivity contribution in [3.63, 3.8) is 0 Å². The van der Waals surface area contributed by atoms with Crippen LogP contribution in [0.4, 0.5) is 0 Å². The second-order valence-corrected chi connectivity index (χ2v) is 11.9. The first-order chi connectivity index (χ1) is 16.5. The molecule has 180 valence electrons. The lowest BCUT2D eigenvalue weighted by molar-refractivity contribution is -0.127. The molecule has 2 aromatic heterocycles. The fraction of sp³-hybridized carbons (Fsp3) is 0.458. The Balaban J connectivity index is 1.21. The van der Waals surface area contributed by atoms with E-state index < -0.39 is 10.0 Å². The van der Waals surface area contributed by atoms with Gasteiger partial charge in [-0.1, -0.05) is 36.3 Å². The smallest absolute Gasteiger partial charge is 0.252 e. The quantitative estimate of drug-likeness (QED) is 0.549. The summed E-state index contributed by atoms with van der Waals surface area (Å²) >= 11 is 1.16. The number of sulfonamides is 1. The topological polar surface area (TPSA) is 105 Å². The summed E-state index contributed by atoms with van der Waals surface area (Å²) in [6.07, 6.45) is 4.71. The van der Waals surface area contributed by atoms with Gasteiger partial charge < -0.3 is 9.84 Å². The molecule has 1 aliphatic heterocycles. The lowest BCUT2D eigenvalue weighted by Crippen LogP contribution is -2.43. The Hall–Kier alpha value is -2.56. The first-order valence-corrected chi connectivity index (χ1v) is 14.1. The number of hydrogen-bond donors (Lipinski definition) is 1. The van der Waals surface area contributed by atoms with Crippen molar-refractivity contribution in [2.45, 2.75) is 55.7 Å². The van der Waals surface area contributed by atoms with Crippen molar-refractivity contribution >= 4 is 27.3 Å². The Morgan fingerprint density at radius 1 is 1.24 bits per heavy atom. The third-order valence-corrected chi connectivity index (χ3v) is 10.0. The number of aromatic nitrogens is 2. The van der Waals surface area contributed by atoms with Gasteiger partial charge in [-0.3, -0.25) is 4.79 Å². The van der Waals surface area contributed by atoms with Crippen LogP contribution in [-0.2, 0) is 27.7 Å². The fourth-order valence-corrected chi connectivity index (χ4v) is 7.54. The molecule has 0 bridgehead atoms.